The van der Waals surface area contributed by atoms with Crippen molar-refractivity contribution >= 4 is 23.8 Å². The smallest absolute Gasteiger partial charge is 0.408 e. The quantitative estimate of drug-likeness (QED) is 0.104. The van der Waals surface area contributed by atoms with Crippen LogP contribution in [0.3, 0.4) is 0 Å². The number of alkyl carbamates (subject to hydrolysis) is 1. The zero-order valence-corrected chi connectivity index (χ0v) is 38.8. The molecule has 1 amide bonds. The first-order chi connectivity index (χ1) is 31.3. The Labute approximate surface area is 384 Å². The molecule has 1 aliphatic carbocycles. The Morgan fingerprint density at radius 2 is 1.72 bits per heavy atom. The normalized spacial score (nSPS) is 22.0. The van der Waals surface area contributed by atoms with Gasteiger partial charge in [-0.3, -0.25) is 9.80 Å². The van der Waals surface area contributed by atoms with E-state index in [0.29, 0.717) is 47.2 Å². The van der Waals surface area contributed by atoms with Crippen LogP contribution in [-0.4, -0.2) is 102 Å². The van der Waals surface area contributed by atoms with Crippen LogP contribution in [0.1, 0.15) is 83.3 Å². The summed E-state index contributed by atoms with van der Waals surface area (Å²) >= 11 is 1.56. The van der Waals surface area contributed by atoms with E-state index in [0.717, 1.165) is 27.8 Å². The number of hydrogen-bond donors (Lipinski definition) is 2. The minimum Gasteiger partial charge on any atom is -0.504 e. The summed E-state index contributed by atoms with van der Waals surface area (Å²) in [7, 11) is 3.55. The number of fused-ring (bicyclic) bond motifs is 12. The zero-order chi connectivity index (χ0) is 45.9. The van der Waals surface area contributed by atoms with Gasteiger partial charge in [-0.15, -0.1) is 0 Å². The Morgan fingerprint density at radius 1 is 1.03 bits per heavy atom. The third-order valence-corrected chi connectivity index (χ3v) is 14.6. The number of carbonyl (C=O) groups excluding carboxylic acids is 2. The average molecular weight is 901 g/mol. The van der Waals surface area contributed by atoms with Crippen molar-refractivity contribution in [2.75, 3.05) is 45.7 Å². The number of aromatic hydroxyl groups is 1. The predicted molar refractivity (Wildman–Crippen MR) is 247 cm³/mol. The van der Waals surface area contributed by atoms with E-state index < -0.39 is 47.9 Å². The van der Waals surface area contributed by atoms with Crippen molar-refractivity contribution in [1.82, 2.24) is 15.1 Å². The highest BCUT2D eigenvalue weighted by Gasteiger charge is 2.57. The van der Waals surface area contributed by atoms with Gasteiger partial charge in [0, 0.05) is 51.8 Å². The molecular formula is C51H56N4O9S. The Bertz CT molecular complexity index is 2560. The number of nitrogens with zero attached hydrogens (tertiary/aromatic N) is 3. The van der Waals surface area contributed by atoms with Gasteiger partial charge < -0.3 is 38.8 Å². The first kappa shape index (κ1) is 44.3. The molecule has 4 aromatic carbocycles. The Hall–Kier alpha value is -5.88. The van der Waals surface area contributed by atoms with Crippen LogP contribution in [0, 0.1) is 25.2 Å². The summed E-state index contributed by atoms with van der Waals surface area (Å²) in [6.07, 6.45) is 1.85. The fourth-order valence-corrected chi connectivity index (χ4v) is 12.1. The molecule has 9 rings (SSSR count). The number of thioether (sulfide) groups is 1. The second-order valence-corrected chi connectivity index (χ2v) is 19.5. The van der Waals surface area contributed by atoms with Crippen molar-refractivity contribution in [2.45, 2.75) is 95.2 Å². The van der Waals surface area contributed by atoms with Gasteiger partial charge in [-0.2, -0.15) is 17.0 Å². The number of ether oxygens (including phenoxy) is 6. The van der Waals surface area contributed by atoms with Crippen molar-refractivity contribution < 1.29 is 43.1 Å². The number of methoxy groups -OCH3 is 1. The van der Waals surface area contributed by atoms with Crippen molar-refractivity contribution in [3.63, 3.8) is 0 Å². The third kappa shape index (κ3) is 7.71. The molecular weight excluding hydrogens is 845 g/mol. The van der Waals surface area contributed by atoms with Gasteiger partial charge in [-0.05, 0) is 87.9 Å². The van der Waals surface area contributed by atoms with E-state index in [9.17, 15) is 20.0 Å². The molecule has 14 heteroatoms. The molecule has 1 fully saturated rings. The van der Waals surface area contributed by atoms with Gasteiger partial charge in [-0.1, -0.05) is 67.3 Å². The van der Waals surface area contributed by atoms with Gasteiger partial charge in [0.15, 0.2) is 23.0 Å². The highest BCUT2D eigenvalue weighted by Crippen LogP contribution is 2.58. The molecule has 0 spiro atoms. The lowest BCUT2D eigenvalue weighted by Crippen LogP contribution is -2.68. The van der Waals surface area contributed by atoms with Crippen LogP contribution in [0.25, 0.3) is 11.1 Å². The molecule has 13 nitrogen and oxygen atoms in total. The lowest BCUT2D eigenvalue weighted by Gasteiger charge is -2.59. The van der Waals surface area contributed by atoms with Gasteiger partial charge in [-0.25, -0.2) is 9.59 Å². The van der Waals surface area contributed by atoms with Crippen molar-refractivity contribution in [1.29, 1.82) is 5.26 Å². The Balaban J connectivity index is 1.08. The summed E-state index contributed by atoms with van der Waals surface area (Å²) in [5.74, 6) is 2.46. The topological polar surface area (TPSA) is 152 Å². The second-order valence-electron chi connectivity index (χ2n) is 18.4. The van der Waals surface area contributed by atoms with Gasteiger partial charge in [0.1, 0.15) is 36.6 Å². The lowest BCUT2D eigenvalue weighted by atomic mass is 9.71. The maximum Gasteiger partial charge on any atom is 0.408 e. The van der Waals surface area contributed by atoms with E-state index in [4.69, 9.17) is 28.4 Å². The number of rotatable bonds is 12. The first-order valence-corrected chi connectivity index (χ1v) is 23.3. The number of phenols is 1. The summed E-state index contributed by atoms with van der Waals surface area (Å²) < 4.78 is 36.6. The molecule has 0 aromatic heterocycles. The van der Waals surface area contributed by atoms with E-state index in [-0.39, 0.29) is 43.5 Å². The highest BCUT2D eigenvalue weighted by atomic mass is 32.2. The Kier molecular flexibility index (Phi) is 11.9. The number of hydrogen-bond acceptors (Lipinski definition) is 13. The van der Waals surface area contributed by atoms with Crippen LogP contribution in [0.5, 0.6) is 28.7 Å². The molecule has 2 unspecified atom stereocenters. The molecule has 4 heterocycles. The molecule has 0 saturated carbocycles. The van der Waals surface area contributed by atoms with Crippen LogP contribution < -0.4 is 24.3 Å². The van der Waals surface area contributed by atoms with E-state index in [1.165, 1.54) is 22.3 Å². The van der Waals surface area contributed by atoms with Crippen LogP contribution in [0.15, 0.2) is 67.3 Å². The van der Waals surface area contributed by atoms with Crippen molar-refractivity contribution in [3.05, 3.63) is 112 Å². The molecule has 5 aliphatic rings. The van der Waals surface area contributed by atoms with E-state index in [1.807, 2.05) is 45.2 Å². The summed E-state index contributed by atoms with van der Waals surface area (Å²) in [5.41, 5.74) is 8.88. The third-order valence-electron chi connectivity index (χ3n) is 13.5. The molecule has 4 aliphatic heterocycles. The molecule has 2 N–H and O–H groups in total. The maximum atomic E-state index is 14.7. The van der Waals surface area contributed by atoms with Gasteiger partial charge >= 0.3 is 12.1 Å². The molecule has 6 atom stereocenters. The van der Waals surface area contributed by atoms with Crippen molar-refractivity contribution in [2.24, 2.45) is 0 Å². The minimum absolute atomic E-state index is 0.0193. The number of aryl methyl sites for hydroxylation is 1. The maximum absolute atomic E-state index is 14.7. The number of likely N-dealkylation sites (N-methyl/N-ethyl adjacent to an activating group) is 1. The molecule has 65 heavy (non-hydrogen) atoms. The fraction of sp³-hybridized carbons (Fsp3) is 0.431. The minimum atomic E-state index is -1.08. The number of esters is 1. The molecule has 0 radical (unpaired) electrons. The summed E-state index contributed by atoms with van der Waals surface area (Å²) in [6, 6.07) is 17.9. The van der Waals surface area contributed by atoms with Gasteiger partial charge in [0.2, 0.25) is 6.79 Å². The largest absolute Gasteiger partial charge is 0.504 e. The number of nitriles is 1. The fourth-order valence-electron chi connectivity index (χ4n) is 11.0. The SMILES string of the molecule is C=CCOc1c(C)c2c(c3c1CC1[C@@H]4c5c(cc(C)c(OC)c5O)C[C@H](C(C#N)N1[C@H]3COC(=O)[C@@H](CSCC1c3ccccc3-c3ccccc31)NC(=O)OC(C)(C)C)N4C)OCO2. The van der Waals surface area contributed by atoms with Crippen LogP contribution in [0.2, 0.25) is 0 Å². The number of nitrogens with one attached hydrogen (secondary N) is 1. The highest BCUT2D eigenvalue weighted by molar-refractivity contribution is 7.99. The number of benzene rings is 4. The van der Waals surface area contributed by atoms with E-state index in [1.54, 1.807) is 45.7 Å². The molecule has 4 aromatic rings. The summed E-state index contributed by atoms with van der Waals surface area (Å²) in [5, 5.41) is 26.0. The lowest BCUT2D eigenvalue weighted by molar-refractivity contribution is -0.151. The van der Waals surface area contributed by atoms with E-state index in [2.05, 4.69) is 58.1 Å². The van der Waals surface area contributed by atoms with Crippen molar-refractivity contribution in [3.8, 4) is 45.9 Å². The Morgan fingerprint density at radius 3 is 2.38 bits per heavy atom. The molecule has 2 bridgehead atoms. The average Bonchev–Trinajstić information content (AvgIpc) is 3.89. The number of amides is 1. The monoisotopic (exact) mass is 900 g/mol. The van der Waals surface area contributed by atoms with Crippen LogP contribution in [-0.2, 0) is 27.1 Å². The first-order valence-electron chi connectivity index (χ1n) is 22.1. The number of phenolic OH excluding ortho intramolecular Hbond substituents is 1. The predicted octanol–water partition coefficient (Wildman–Crippen LogP) is 8.06. The van der Waals surface area contributed by atoms with E-state index >= 15 is 0 Å². The van der Waals surface area contributed by atoms with Crippen LogP contribution in [0.4, 0.5) is 4.79 Å². The van der Waals surface area contributed by atoms with Gasteiger partial charge in [0.05, 0.1) is 25.3 Å². The zero-order valence-electron chi connectivity index (χ0n) is 37.9. The molecule has 340 valence electrons. The van der Waals surface area contributed by atoms with Gasteiger partial charge in [0.25, 0.3) is 0 Å². The van der Waals surface area contributed by atoms with Crippen LogP contribution >= 0.6 is 11.8 Å². The number of piperazine rings is 1. The summed E-state index contributed by atoms with van der Waals surface area (Å²) in [6.45, 7) is 13.1. The standard InChI is InChI=1S/C51H56N4O9S/c1-9-18-60-46-28(3)47-48(63-26-62-47)42-34(46)21-38-43-41-29(19-27(2)45(59-8)44(41)56)20-37(54(43)7)39(22-52)55(38)40(42)23-61-49(57)36(53-50(58)64-51(4,5)6)25-65-24-35-32-16-12-10-14-30(32)31-15-11-13-17-33(31)35/h9-17,19,35-40,43,56H,1,18,20-21,23-26H2,2-8H3,(H,53,58)/t36-,37-,38?,39?,40+,43-/m1/s1. The molecule has 1 saturated heterocycles. The number of carbonyl (C=O) groups is 2. The second kappa shape index (κ2) is 17.5. The summed E-state index contributed by atoms with van der Waals surface area (Å²) in [4.78, 5) is 32.4.